The maximum Gasteiger partial charge on any atom is 0.306 e. The second-order valence-corrected chi connectivity index (χ2v) is 12.6. The molecule has 0 bridgehead atoms. The topological polar surface area (TPSA) is 112 Å². The number of nitrogens with zero attached hydrogens (tertiary/aromatic N) is 1. The van der Waals surface area contributed by atoms with Crippen molar-refractivity contribution in [2.24, 2.45) is 17.8 Å². The van der Waals surface area contributed by atoms with Gasteiger partial charge in [-0.3, -0.25) is 14.4 Å². The highest BCUT2D eigenvalue weighted by molar-refractivity contribution is 5.70. The molecule has 3 unspecified atom stereocenters. The molecule has 0 spiro atoms. The predicted octanol–water partition coefficient (Wildman–Crippen LogP) is 8.56. The molecule has 240 valence electrons. The van der Waals surface area contributed by atoms with Crippen LogP contribution in [0.3, 0.4) is 0 Å². The van der Waals surface area contributed by atoms with Gasteiger partial charge in [-0.1, -0.05) is 104 Å². The van der Waals surface area contributed by atoms with Gasteiger partial charge in [0.25, 0.3) is 0 Å². The van der Waals surface area contributed by atoms with Gasteiger partial charge in [-0.15, -0.1) is 0 Å². The van der Waals surface area contributed by atoms with Crippen LogP contribution < -0.4 is 0 Å². The van der Waals surface area contributed by atoms with Crippen LogP contribution >= 0.6 is 0 Å². The zero-order valence-electron chi connectivity index (χ0n) is 27.0. The minimum Gasteiger partial charge on any atom is -0.481 e. The first-order chi connectivity index (χ1) is 19.5. The number of allylic oxidation sites excluding steroid dienone is 2. The Morgan fingerprint density at radius 1 is 0.512 bits per heavy atom. The van der Waals surface area contributed by atoms with Gasteiger partial charge in [-0.25, -0.2) is 0 Å². The number of unbranched alkanes of at least 4 members (excludes halogenated alkanes) is 13. The lowest BCUT2D eigenvalue weighted by atomic mass is 10.0. The number of carboxylic acid groups (broad SMARTS) is 3. The summed E-state index contributed by atoms with van der Waals surface area (Å²) in [6.07, 6.45) is 25.1. The van der Waals surface area contributed by atoms with Crippen LogP contribution in [0.2, 0.25) is 0 Å². The third-order valence-corrected chi connectivity index (χ3v) is 8.77. The summed E-state index contributed by atoms with van der Waals surface area (Å²) in [6.45, 7) is 10.1. The second kappa shape index (κ2) is 24.7. The van der Waals surface area contributed by atoms with Crippen molar-refractivity contribution in [2.45, 2.75) is 143 Å². The standard InChI is InChI=1S/C34H63NO6/c1-5-6-7-8-9-10-11-12-13-14-15-16-17-18-19-20-21-25-35(26-22-29(2)32(36)37,27-23-30(3)33(38)39)28-24-31(4)34(40)41/h17-18,29-31H,5-16,19-28H2,1-4H3,(H2-,36,37,38,39,40,41)/p+1/b18-17+. The van der Waals surface area contributed by atoms with Crippen LogP contribution in [0.1, 0.15) is 143 Å². The molecule has 0 aliphatic carbocycles. The summed E-state index contributed by atoms with van der Waals surface area (Å²) in [7, 11) is 0. The van der Waals surface area contributed by atoms with E-state index in [1.165, 1.54) is 70.6 Å². The molecular formula is C34H64NO6+. The van der Waals surface area contributed by atoms with Crippen LogP contribution in [-0.2, 0) is 14.4 Å². The molecule has 0 fully saturated rings. The number of carboxylic acids is 3. The molecule has 0 heterocycles. The fourth-order valence-electron chi connectivity index (χ4n) is 5.32. The zero-order valence-corrected chi connectivity index (χ0v) is 27.0. The minimum absolute atomic E-state index is 0.486. The molecular weight excluding hydrogens is 518 g/mol. The Kier molecular flexibility index (Phi) is 23.5. The molecule has 0 aliphatic rings. The molecule has 0 saturated carbocycles. The Labute approximate surface area is 251 Å². The van der Waals surface area contributed by atoms with E-state index in [1.807, 2.05) is 0 Å². The molecule has 3 atom stereocenters. The molecule has 0 saturated heterocycles. The first-order valence-electron chi connectivity index (χ1n) is 16.7. The van der Waals surface area contributed by atoms with E-state index in [1.54, 1.807) is 20.8 Å². The van der Waals surface area contributed by atoms with E-state index < -0.39 is 35.7 Å². The van der Waals surface area contributed by atoms with Gasteiger partial charge >= 0.3 is 17.9 Å². The van der Waals surface area contributed by atoms with Gasteiger partial charge in [0.2, 0.25) is 0 Å². The quantitative estimate of drug-likeness (QED) is 0.0463. The normalized spacial score (nSPS) is 15.4. The molecule has 3 N–H and O–H groups in total. The summed E-state index contributed by atoms with van der Waals surface area (Å²) in [6, 6.07) is 0. The third-order valence-electron chi connectivity index (χ3n) is 8.77. The maximum absolute atomic E-state index is 11.5. The lowest BCUT2D eigenvalue weighted by Crippen LogP contribution is -2.52. The van der Waals surface area contributed by atoms with Gasteiger partial charge in [0.05, 0.1) is 43.9 Å². The average molecular weight is 583 g/mol. The summed E-state index contributed by atoms with van der Waals surface area (Å²) in [5.74, 6) is -3.95. The van der Waals surface area contributed by atoms with Gasteiger partial charge in [0.1, 0.15) is 0 Å². The molecule has 7 heteroatoms. The van der Waals surface area contributed by atoms with Crippen LogP contribution in [0.4, 0.5) is 0 Å². The monoisotopic (exact) mass is 582 g/mol. The fourth-order valence-corrected chi connectivity index (χ4v) is 5.32. The van der Waals surface area contributed by atoms with Crippen LogP contribution in [-0.4, -0.2) is 63.9 Å². The van der Waals surface area contributed by atoms with E-state index in [0.29, 0.717) is 43.4 Å². The van der Waals surface area contributed by atoms with Crippen molar-refractivity contribution in [3.8, 4) is 0 Å². The maximum atomic E-state index is 11.5. The average Bonchev–Trinajstić information content (AvgIpc) is 2.94. The van der Waals surface area contributed by atoms with Gasteiger partial charge in [-0.2, -0.15) is 0 Å². The molecule has 0 amide bonds. The first-order valence-corrected chi connectivity index (χ1v) is 16.7. The first kappa shape index (κ1) is 39.1. The van der Waals surface area contributed by atoms with Crippen molar-refractivity contribution in [3.63, 3.8) is 0 Å². The highest BCUT2D eigenvalue weighted by atomic mass is 16.4. The van der Waals surface area contributed by atoms with E-state index in [4.69, 9.17) is 0 Å². The van der Waals surface area contributed by atoms with Crippen molar-refractivity contribution in [2.75, 3.05) is 26.2 Å². The molecule has 0 rings (SSSR count). The minimum atomic E-state index is -0.830. The van der Waals surface area contributed by atoms with E-state index >= 15 is 0 Å². The van der Waals surface area contributed by atoms with Crippen molar-refractivity contribution in [1.29, 1.82) is 0 Å². The number of hydrogen-bond acceptors (Lipinski definition) is 3. The second-order valence-electron chi connectivity index (χ2n) is 12.6. The summed E-state index contributed by atoms with van der Waals surface area (Å²) in [5.41, 5.74) is 0. The van der Waals surface area contributed by atoms with Gasteiger partial charge in [0, 0.05) is 19.3 Å². The number of aliphatic carboxylic acids is 3. The third kappa shape index (κ3) is 21.5. The summed E-state index contributed by atoms with van der Waals surface area (Å²) < 4.78 is 0.593. The largest absolute Gasteiger partial charge is 0.481 e. The van der Waals surface area contributed by atoms with Gasteiger partial charge in [0.15, 0.2) is 0 Å². The smallest absolute Gasteiger partial charge is 0.306 e. The molecule has 0 aromatic carbocycles. The Hall–Kier alpha value is -1.89. The van der Waals surface area contributed by atoms with E-state index in [-0.39, 0.29) is 0 Å². The van der Waals surface area contributed by atoms with Crippen molar-refractivity contribution in [1.82, 2.24) is 0 Å². The highest BCUT2D eigenvalue weighted by Crippen LogP contribution is 2.21. The summed E-state index contributed by atoms with van der Waals surface area (Å²) >= 11 is 0. The Morgan fingerprint density at radius 2 is 0.829 bits per heavy atom. The summed E-state index contributed by atoms with van der Waals surface area (Å²) in [4.78, 5) is 34.4. The Morgan fingerprint density at radius 3 is 1.17 bits per heavy atom. The van der Waals surface area contributed by atoms with Crippen molar-refractivity contribution in [3.05, 3.63) is 12.2 Å². The number of rotatable bonds is 29. The predicted molar refractivity (Wildman–Crippen MR) is 168 cm³/mol. The molecule has 0 aromatic rings. The van der Waals surface area contributed by atoms with Crippen molar-refractivity contribution >= 4 is 17.9 Å². The summed E-state index contributed by atoms with van der Waals surface area (Å²) in [5, 5.41) is 28.3. The molecule has 7 nitrogen and oxygen atoms in total. The van der Waals surface area contributed by atoms with Crippen LogP contribution in [0.25, 0.3) is 0 Å². The van der Waals surface area contributed by atoms with E-state index in [0.717, 1.165) is 32.2 Å². The number of carbonyl (C=O) groups is 3. The van der Waals surface area contributed by atoms with Gasteiger partial charge < -0.3 is 19.8 Å². The van der Waals surface area contributed by atoms with Crippen molar-refractivity contribution < 1.29 is 34.2 Å². The van der Waals surface area contributed by atoms with E-state index in [2.05, 4.69) is 19.1 Å². The Bertz CT molecular complexity index is 662. The molecule has 41 heavy (non-hydrogen) atoms. The number of quaternary nitrogens is 1. The molecule has 0 aromatic heterocycles. The van der Waals surface area contributed by atoms with E-state index in [9.17, 15) is 29.7 Å². The van der Waals surface area contributed by atoms with Gasteiger partial charge in [-0.05, 0) is 32.1 Å². The zero-order chi connectivity index (χ0) is 30.9. The lowest BCUT2D eigenvalue weighted by molar-refractivity contribution is -0.929. The van der Waals surface area contributed by atoms with Crippen LogP contribution in [0, 0.1) is 17.8 Å². The SMILES string of the molecule is CCCCCCCCCCCCC/C=C/CCCC[N+](CCC(C)C(=O)O)(CCC(C)C(=O)O)CCC(C)C(=O)O. The molecule has 0 radical (unpaired) electrons. The highest BCUT2D eigenvalue weighted by Gasteiger charge is 2.31. The fraction of sp³-hybridized carbons (Fsp3) is 0.853. The van der Waals surface area contributed by atoms with Crippen LogP contribution in [0.5, 0.6) is 0 Å². The number of hydrogen-bond donors (Lipinski definition) is 3. The Balaban J connectivity index is 4.64. The van der Waals surface area contributed by atoms with Crippen LogP contribution in [0.15, 0.2) is 12.2 Å². The lowest BCUT2D eigenvalue weighted by Gasteiger charge is -2.40. The molecule has 0 aliphatic heterocycles.